The molecule has 1 N–H and O–H groups in total. The average Bonchev–Trinajstić information content (AvgIpc) is 2.40. The first-order valence-corrected chi connectivity index (χ1v) is 8.20. The van der Waals surface area contributed by atoms with Gasteiger partial charge in [0.1, 0.15) is 5.75 Å². The summed E-state index contributed by atoms with van der Waals surface area (Å²) in [6.07, 6.45) is 0.645. The first-order valence-electron chi connectivity index (χ1n) is 6.49. The van der Waals surface area contributed by atoms with Crippen LogP contribution in [-0.2, 0) is 9.84 Å². The lowest BCUT2D eigenvalue weighted by atomic mass is 10.0. The van der Waals surface area contributed by atoms with Crippen molar-refractivity contribution in [2.45, 2.75) is 31.6 Å². The Morgan fingerprint density at radius 2 is 1.84 bits per heavy atom. The molecule has 0 bridgehead atoms. The fourth-order valence-electron chi connectivity index (χ4n) is 2.16. The molecule has 0 aliphatic rings. The van der Waals surface area contributed by atoms with Gasteiger partial charge in [0.15, 0.2) is 9.84 Å². The number of benzene rings is 1. The van der Waals surface area contributed by atoms with Gasteiger partial charge in [0.25, 0.3) is 0 Å². The third-order valence-electron chi connectivity index (χ3n) is 3.31. The van der Waals surface area contributed by atoms with Crippen LogP contribution in [0.15, 0.2) is 24.3 Å². The zero-order valence-electron chi connectivity index (χ0n) is 12.0. The van der Waals surface area contributed by atoms with Gasteiger partial charge in [0, 0.05) is 6.04 Å². The summed E-state index contributed by atoms with van der Waals surface area (Å²) in [6, 6.07) is 7.29. The summed E-state index contributed by atoms with van der Waals surface area (Å²) in [4.78, 5) is 0. The number of methoxy groups -OCH3 is 1. The van der Waals surface area contributed by atoms with Gasteiger partial charge in [-0.1, -0.05) is 19.1 Å². The summed E-state index contributed by atoms with van der Waals surface area (Å²) in [6.45, 7) is 3.64. The van der Waals surface area contributed by atoms with Gasteiger partial charge < -0.3 is 10.1 Å². The summed E-state index contributed by atoms with van der Waals surface area (Å²) in [5.41, 5.74) is 0.954. The fourth-order valence-corrected chi connectivity index (χ4v) is 3.81. The Balaban J connectivity index is 2.99. The summed E-state index contributed by atoms with van der Waals surface area (Å²) < 4.78 is 29.4. The Kier molecular flexibility index (Phi) is 5.82. The van der Waals surface area contributed by atoms with E-state index in [1.165, 1.54) is 0 Å². The van der Waals surface area contributed by atoms with Gasteiger partial charge in [-0.15, -0.1) is 0 Å². The standard InChI is InChI=1S/C14H23NO3S/c1-5-10-19(16,17)11(2)14(15-3)12-6-8-13(18-4)9-7-12/h6-9,11,14-15H,5,10H2,1-4H3. The van der Waals surface area contributed by atoms with E-state index >= 15 is 0 Å². The molecule has 1 aromatic rings. The van der Waals surface area contributed by atoms with Crippen molar-refractivity contribution in [2.75, 3.05) is 19.9 Å². The second-order valence-corrected chi connectivity index (χ2v) is 7.09. The van der Waals surface area contributed by atoms with Crippen LogP contribution in [0.5, 0.6) is 5.75 Å². The number of rotatable bonds is 7. The molecule has 0 radical (unpaired) electrons. The fraction of sp³-hybridized carbons (Fsp3) is 0.571. The Bertz CT molecular complexity index is 482. The Morgan fingerprint density at radius 1 is 1.26 bits per heavy atom. The topological polar surface area (TPSA) is 55.4 Å². The number of hydrogen-bond acceptors (Lipinski definition) is 4. The number of nitrogens with one attached hydrogen (secondary N) is 1. The number of ether oxygens (including phenoxy) is 1. The normalized spacial score (nSPS) is 14.9. The highest BCUT2D eigenvalue weighted by molar-refractivity contribution is 7.92. The van der Waals surface area contributed by atoms with E-state index in [1.54, 1.807) is 21.1 Å². The van der Waals surface area contributed by atoms with Crippen molar-refractivity contribution in [1.29, 1.82) is 0 Å². The molecule has 19 heavy (non-hydrogen) atoms. The molecular formula is C14H23NO3S. The van der Waals surface area contributed by atoms with Crippen molar-refractivity contribution < 1.29 is 13.2 Å². The lowest BCUT2D eigenvalue weighted by Crippen LogP contribution is -2.34. The third-order valence-corrected chi connectivity index (χ3v) is 5.69. The maximum Gasteiger partial charge on any atom is 0.154 e. The SMILES string of the molecule is CCCS(=O)(=O)C(C)C(NC)c1ccc(OC)cc1. The molecule has 0 amide bonds. The van der Waals surface area contributed by atoms with Gasteiger partial charge >= 0.3 is 0 Å². The smallest absolute Gasteiger partial charge is 0.154 e. The summed E-state index contributed by atoms with van der Waals surface area (Å²) in [7, 11) is 0.315. The quantitative estimate of drug-likeness (QED) is 0.834. The summed E-state index contributed by atoms with van der Waals surface area (Å²) in [5.74, 6) is 0.991. The molecule has 0 aliphatic carbocycles. The van der Waals surface area contributed by atoms with Crippen molar-refractivity contribution in [1.82, 2.24) is 5.32 Å². The maximum atomic E-state index is 12.2. The van der Waals surface area contributed by atoms with Crippen LogP contribution in [0, 0.1) is 0 Å². The molecule has 2 unspecified atom stereocenters. The van der Waals surface area contributed by atoms with Crippen LogP contribution in [0.3, 0.4) is 0 Å². The summed E-state index contributed by atoms with van der Waals surface area (Å²) >= 11 is 0. The van der Waals surface area contributed by atoms with E-state index < -0.39 is 15.1 Å². The van der Waals surface area contributed by atoms with E-state index in [-0.39, 0.29) is 11.8 Å². The minimum atomic E-state index is -3.08. The van der Waals surface area contributed by atoms with Crippen LogP contribution in [0.2, 0.25) is 0 Å². The largest absolute Gasteiger partial charge is 0.497 e. The monoisotopic (exact) mass is 285 g/mol. The van der Waals surface area contributed by atoms with E-state index in [2.05, 4.69) is 5.32 Å². The van der Waals surface area contributed by atoms with Gasteiger partial charge in [-0.05, 0) is 38.1 Å². The van der Waals surface area contributed by atoms with E-state index in [0.29, 0.717) is 6.42 Å². The predicted octanol–water partition coefficient (Wildman–Crippen LogP) is 2.17. The highest BCUT2D eigenvalue weighted by Crippen LogP contribution is 2.24. The van der Waals surface area contributed by atoms with Crippen LogP contribution in [0.25, 0.3) is 0 Å². The molecular weight excluding hydrogens is 262 g/mol. The molecule has 108 valence electrons. The van der Waals surface area contributed by atoms with E-state index in [4.69, 9.17) is 4.74 Å². The Labute approximate surface area is 116 Å². The van der Waals surface area contributed by atoms with Crippen LogP contribution in [0.4, 0.5) is 0 Å². The molecule has 2 atom stereocenters. The van der Waals surface area contributed by atoms with Crippen LogP contribution < -0.4 is 10.1 Å². The summed E-state index contributed by atoms with van der Waals surface area (Å²) in [5, 5.41) is 2.65. The van der Waals surface area contributed by atoms with Crippen molar-refractivity contribution in [3.63, 3.8) is 0 Å². The molecule has 0 aromatic heterocycles. The molecule has 1 aromatic carbocycles. The van der Waals surface area contributed by atoms with Gasteiger partial charge in [0.2, 0.25) is 0 Å². The zero-order chi connectivity index (χ0) is 14.5. The van der Waals surface area contributed by atoms with Gasteiger partial charge in [-0.2, -0.15) is 0 Å². The second-order valence-electron chi connectivity index (χ2n) is 4.61. The molecule has 0 heterocycles. The van der Waals surface area contributed by atoms with Crippen molar-refractivity contribution >= 4 is 9.84 Å². The first-order chi connectivity index (χ1) is 8.96. The second kappa shape index (κ2) is 6.91. The van der Waals surface area contributed by atoms with E-state index in [0.717, 1.165) is 11.3 Å². The van der Waals surface area contributed by atoms with Crippen molar-refractivity contribution in [2.24, 2.45) is 0 Å². The molecule has 0 aliphatic heterocycles. The minimum absolute atomic E-state index is 0.206. The highest BCUT2D eigenvalue weighted by atomic mass is 32.2. The zero-order valence-corrected chi connectivity index (χ0v) is 12.8. The average molecular weight is 285 g/mol. The van der Waals surface area contributed by atoms with E-state index in [9.17, 15) is 8.42 Å². The van der Waals surface area contributed by atoms with Crippen LogP contribution in [-0.4, -0.2) is 33.6 Å². The Hall–Kier alpha value is -1.07. The van der Waals surface area contributed by atoms with Crippen LogP contribution >= 0.6 is 0 Å². The molecule has 0 saturated carbocycles. The molecule has 0 saturated heterocycles. The lowest BCUT2D eigenvalue weighted by molar-refractivity contribution is 0.414. The predicted molar refractivity (Wildman–Crippen MR) is 78.3 cm³/mol. The first kappa shape index (κ1) is 16.0. The van der Waals surface area contributed by atoms with Crippen molar-refractivity contribution in [3.05, 3.63) is 29.8 Å². The third kappa shape index (κ3) is 3.94. The number of sulfone groups is 1. The molecule has 4 nitrogen and oxygen atoms in total. The number of hydrogen-bond donors (Lipinski definition) is 1. The van der Waals surface area contributed by atoms with Crippen LogP contribution in [0.1, 0.15) is 31.9 Å². The molecule has 1 rings (SSSR count). The molecule has 0 spiro atoms. The minimum Gasteiger partial charge on any atom is -0.497 e. The van der Waals surface area contributed by atoms with Gasteiger partial charge in [-0.3, -0.25) is 0 Å². The highest BCUT2D eigenvalue weighted by Gasteiger charge is 2.28. The van der Waals surface area contributed by atoms with Crippen molar-refractivity contribution in [3.8, 4) is 5.75 Å². The Morgan fingerprint density at radius 3 is 2.26 bits per heavy atom. The maximum absolute atomic E-state index is 12.2. The van der Waals surface area contributed by atoms with E-state index in [1.807, 2.05) is 31.2 Å². The van der Waals surface area contributed by atoms with Gasteiger partial charge in [-0.25, -0.2) is 8.42 Å². The lowest BCUT2D eigenvalue weighted by Gasteiger charge is -2.24. The molecule has 0 fully saturated rings. The van der Waals surface area contributed by atoms with Gasteiger partial charge in [0.05, 0.1) is 18.1 Å². The molecule has 5 heteroatoms.